The molecule has 1 aromatic heterocycles. The van der Waals surface area contributed by atoms with Crippen LogP contribution in [0.1, 0.15) is 28.7 Å². The topological polar surface area (TPSA) is 79.9 Å². The summed E-state index contributed by atoms with van der Waals surface area (Å²) >= 11 is 0. The third-order valence-corrected chi connectivity index (χ3v) is 4.05. The fraction of sp³-hybridized carbons (Fsp3) is 0.353. The van der Waals surface area contributed by atoms with Gasteiger partial charge in [0.05, 0.1) is 17.8 Å². The molecule has 0 saturated heterocycles. The highest BCUT2D eigenvalue weighted by Crippen LogP contribution is 2.30. The summed E-state index contributed by atoms with van der Waals surface area (Å²) in [6.45, 7) is 3.42. The van der Waals surface area contributed by atoms with Gasteiger partial charge in [-0.3, -0.25) is 9.59 Å². The molecular weight excluding hydrogens is 363 g/mol. The van der Waals surface area contributed by atoms with E-state index in [1.54, 1.807) is 6.92 Å². The highest BCUT2D eigenvalue weighted by atomic mass is 19.4. The third kappa shape index (κ3) is 3.88. The minimum Gasteiger partial charge on any atom is -0.336 e. The first-order valence-electron chi connectivity index (χ1n) is 7.98. The van der Waals surface area contributed by atoms with E-state index in [0.29, 0.717) is 5.69 Å². The highest BCUT2D eigenvalue weighted by molar-refractivity contribution is 5.92. The van der Waals surface area contributed by atoms with E-state index >= 15 is 0 Å². The second-order valence-electron chi connectivity index (χ2n) is 6.54. The minimum absolute atomic E-state index is 0.0955. The van der Waals surface area contributed by atoms with Gasteiger partial charge in [-0.05, 0) is 32.0 Å². The molecule has 0 bridgehead atoms. The molecule has 2 aromatic rings. The van der Waals surface area contributed by atoms with Gasteiger partial charge in [0.25, 0.3) is 5.91 Å². The van der Waals surface area contributed by atoms with Crippen molar-refractivity contribution >= 4 is 5.91 Å². The fourth-order valence-corrected chi connectivity index (χ4v) is 2.62. The Morgan fingerprint density at radius 1 is 1.26 bits per heavy atom. The molecule has 0 saturated carbocycles. The molecule has 0 unspecified atom stereocenters. The standard InChI is InChI=1S/C17H16F3N5O2/c1-10-7-13(26)14(15(27)24(3)9-16(2)22-23-16)21-25(10)12-6-4-5-11(8-12)17(18,19)20/h4-8H,9H2,1-3H3. The Bertz CT molecular complexity index is 991. The predicted molar refractivity (Wildman–Crippen MR) is 89.8 cm³/mol. The second kappa shape index (κ2) is 6.29. The Morgan fingerprint density at radius 2 is 1.93 bits per heavy atom. The Labute approximate surface area is 152 Å². The zero-order valence-electron chi connectivity index (χ0n) is 14.8. The number of aryl methyl sites for hydroxylation is 1. The summed E-state index contributed by atoms with van der Waals surface area (Å²) in [5.41, 5.74) is -2.13. The minimum atomic E-state index is -4.52. The Kier molecular flexibility index (Phi) is 4.37. The summed E-state index contributed by atoms with van der Waals surface area (Å²) in [7, 11) is 1.48. The number of carbonyl (C=O) groups is 1. The van der Waals surface area contributed by atoms with Crippen molar-refractivity contribution in [1.29, 1.82) is 0 Å². The summed E-state index contributed by atoms with van der Waals surface area (Å²) in [6.07, 6.45) is -4.52. The van der Waals surface area contributed by atoms with Crippen LogP contribution in [0.4, 0.5) is 13.2 Å². The van der Waals surface area contributed by atoms with Crippen molar-refractivity contribution in [3.63, 3.8) is 0 Å². The van der Waals surface area contributed by atoms with Crippen LogP contribution in [-0.2, 0) is 6.18 Å². The lowest BCUT2D eigenvalue weighted by Gasteiger charge is -2.19. The number of likely N-dealkylation sites (N-methyl/N-ethyl adjacent to an activating group) is 1. The Morgan fingerprint density at radius 3 is 2.52 bits per heavy atom. The first kappa shape index (κ1) is 18.7. The van der Waals surface area contributed by atoms with Crippen LogP contribution in [0.15, 0.2) is 45.4 Å². The first-order valence-corrected chi connectivity index (χ1v) is 7.98. The van der Waals surface area contributed by atoms with Crippen LogP contribution in [0.5, 0.6) is 0 Å². The summed E-state index contributed by atoms with van der Waals surface area (Å²) < 4.78 is 40.0. The molecule has 142 valence electrons. The molecule has 0 radical (unpaired) electrons. The van der Waals surface area contributed by atoms with E-state index in [1.807, 2.05) is 0 Å². The first-order chi connectivity index (χ1) is 12.5. The van der Waals surface area contributed by atoms with Gasteiger partial charge in [0, 0.05) is 18.8 Å². The second-order valence-corrected chi connectivity index (χ2v) is 6.54. The Hall–Kier alpha value is -3.04. The van der Waals surface area contributed by atoms with Gasteiger partial charge in [0.2, 0.25) is 11.1 Å². The summed E-state index contributed by atoms with van der Waals surface area (Å²) in [6, 6.07) is 5.67. The molecule has 0 atom stereocenters. The Balaban J connectivity index is 2.00. The lowest BCUT2D eigenvalue weighted by atomic mass is 10.2. The van der Waals surface area contributed by atoms with Gasteiger partial charge in [-0.1, -0.05) is 6.07 Å². The van der Waals surface area contributed by atoms with Crippen molar-refractivity contribution in [2.45, 2.75) is 25.7 Å². The third-order valence-electron chi connectivity index (χ3n) is 4.05. The van der Waals surface area contributed by atoms with Crippen LogP contribution in [-0.4, -0.2) is 39.8 Å². The van der Waals surface area contributed by atoms with Crippen LogP contribution in [0.3, 0.4) is 0 Å². The largest absolute Gasteiger partial charge is 0.416 e. The maximum Gasteiger partial charge on any atom is 0.416 e. The van der Waals surface area contributed by atoms with Crippen molar-refractivity contribution in [1.82, 2.24) is 14.7 Å². The number of halogens is 3. The average Bonchev–Trinajstić information content (AvgIpc) is 3.30. The normalized spacial score (nSPS) is 14.9. The van der Waals surface area contributed by atoms with Gasteiger partial charge in [-0.2, -0.15) is 28.5 Å². The van der Waals surface area contributed by atoms with Crippen molar-refractivity contribution in [2.75, 3.05) is 13.6 Å². The highest BCUT2D eigenvalue weighted by Gasteiger charge is 2.37. The van der Waals surface area contributed by atoms with Crippen LogP contribution in [0.2, 0.25) is 0 Å². The number of nitrogens with zero attached hydrogens (tertiary/aromatic N) is 5. The van der Waals surface area contributed by atoms with Crippen LogP contribution < -0.4 is 5.43 Å². The van der Waals surface area contributed by atoms with Gasteiger partial charge in [0.15, 0.2) is 5.69 Å². The summed E-state index contributed by atoms with van der Waals surface area (Å²) in [4.78, 5) is 26.1. The van der Waals surface area contributed by atoms with Crippen molar-refractivity contribution in [3.8, 4) is 5.69 Å². The maximum absolute atomic E-state index is 13.0. The number of rotatable bonds is 4. The molecule has 27 heavy (non-hydrogen) atoms. The number of aromatic nitrogens is 2. The number of hydrogen-bond donors (Lipinski definition) is 0. The van der Waals surface area contributed by atoms with Gasteiger partial charge in [-0.15, -0.1) is 0 Å². The lowest BCUT2D eigenvalue weighted by molar-refractivity contribution is -0.137. The molecule has 7 nitrogen and oxygen atoms in total. The van der Waals surface area contributed by atoms with E-state index in [-0.39, 0.29) is 17.9 Å². The molecule has 0 fully saturated rings. The van der Waals surface area contributed by atoms with E-state index < -0.39 is 28.7 Å². The molecular formula is C17H16F3N5O2. The van der Waals surface area contributed by atoms with Crippen molar-refractivity contribution in [2.24, 2.45) is 10.2 Å². The fourth-order valence-electron chi connectivity index (χ4n) is 2.62. The van der Waals surface area contributed by atoms with E-state index in [4.69, 9.17) is 0 Å². The van der Waals surface area contributed by atoms with E-state index in [0.717, 1.165) is 16.8 Å². The molecule has 2 heterocycles. The van der Waals surface area contributed by atoms with Crippen LogP contribution in [0, 0.1) is 6.92 Å². The maximum atomic E-state index is 13.0. The average molecular weight is 379 g/mol. The predicted octanol–water partition coefficient (Wildman–Crippen LogP) is 2.81. The number of alkyl halides is 3. The number of amides is 1. The summed E-state index contributed by atoms with van der Waals surface area (Å²) in [5, 5.41) is 11.6. The molecule has 1 amide bonds. The van der Waals surface area contributed by atoms with Gasteiger partial charge >= 0.3 is 6.18 Å². The molecule has 10 heteroatoms. The number of hydrogen-bond acceptors (Lipinski definition) is 5. The van der Waals surface area contributed by atoms with Crippen LogP contribution >= 0.6 is 0 Å². The van der Waals surface area contributed by atoms with E-state index in [1.165, 1.54) is 37.1 Å². The quantitative estimate of drug-likeness (QED) is 0.819. The molecule has 0 spiro atoms. The van der Waals surface area contributed by atoms with Gasteiger partial charge in [0.1, 0.15) is 0 Å². The molecule has 3 rings (SSSR count). The monoisotopic (exact) mass is 379 g/mol. The molecule has 1 aliphatic rings. The zero-order valence-corrected chi connectivity index (χ0v) is 14.8. The lowest BCUT2D eigenvalue weighted by Crippen LogP contribution is -2.38. The zero-order chi connectivity index (χ0) is 20.0. The smallest absolute Gasteiger partial charge is 0.336 e. The number of benzene rings is 1. The number of carbonyl (C=O) groups excluding carboxylic acids is 1. The summed E-state index contributed by atoms with van der Waals surface area (Å²) in [5.74, 6) is -0.653. The molecule has 0 N–H and O–H groups in total. The molecule has 1 aliphatic heterocycles. The molecule has 1 aromatic carbocycles. The molecule has 0 aliphatic carbocycles. The van der Waals surface area contributed by atoms with E-state index in [2.05, 4.69) is 15.3 Å². The van der Waals surface area contributed by atoms with Crippen molar-refractivity contribution in [3.05, 3.63) is 57.5 Å². The van der Waals surface area contributed by atoms with Gasteiger partial charge in [-0.25, -0.2) is 4.68 Å². The van der Waals surface area contributed by atoms with Crippen LogP contribution in [0.25, 0.3) is 5.69 Å². The van der Waals surface area contributed by atoms with E-state index in [9.17, 15) is 22.8 Å². The van der Waals surface area contributed by atoms with Gasteiger partial charge < -0.3 is 4.90 Å². The van der Waals surface area contributed by atoms with Crippen molar-refractivity contribution < 1.29 is 18.0 Å². The SMILES string of the molecule is Cc1cc(=O)c(C(=O)N(C)CC2(C)N=N2)nn1-c1cccc(C(F)(F)F)c1.